The van der Waals surface area contributed by atoms with E-state index in [0.29, 0.717) is 18.4 Å². The van der Waals surface area contributed by atoms with Gasteiger partial charge in [0.1, 0.15) is 6.10 Å². The van der Waals surface area contributed by atoms with Crippen LogP contribution in [0.3, 0.4) is 0 Å². The van der Waals surface area contributed by atoms with Gasteiger partial charge < -0.3 is 29.5 Å². The van der Waals surface area contributed by atoms with Crippen molar-refractivity contribution in [1.29, 1.82) is 0 Å². The van der Waals surface area contributed by atoms with Crippen molar-refractivity contribution < 1.29 is 34.3 Å². The average molecular weight is 581 g/mol. The summed E-state index contributed by atoms with van der Waals surface area (Å²) >= 11 is 0. The van der Waals surface area contributed by atoms with Gasteiger partial charge in [0.25, 0.3) is 0 Å². The van der Waals surface area contributed by atoms with Crippen LogP contribution in [0.1, 0.15) is 149 Å². The first-order valence-electron chi connectivity index (χ1n) is 17.1. The van der Waals surface area contributed by atoms with Gasteiger partial charge in [-0.3, -0.25) is 0 Å². The van der Waals surface area contributed by atoms with Gasteiger partial charge in [0.15, 0.2) is 0 Å². The minimum atomic E-state index is -0.482. The van der Waals surface area contributed by atoms with Gasteiger partial charge in [-0.2, -0.15) is 0 Å². The second-order valence-corrected chi connectivity index (χ2v) is 13.0. The summed E-state index contributed by atoms with van der Waals surface area (Å²) in [6, 6.07) is 0. The van der Waals surface area contributed by atoms with E-state index in [1.807, 2.05) is 6.92 Å². The van der Waals surface area contributed by atoms with E-state index in [9.17, 15) is 20.1 Å². The van der Waals surface area contributed by atoms with Gasteiger partial charge in [-0.05, 0) is 57.9 Å². The Kier molecular flexibility index (Phi) is 16.3. The lowest BCUT2D eigenvalue weighted by molar-refractivity contribution is -0.139. The average Bonchev–Trinajstić information content (AvgIpc) is 3.70. The van der Waals surface area contributed by atoms with Gasteiger partial charge in [0, 0.05) is 12.0 Å². The number of aliphatic hydroxyl groups excluding tert-OH is 3. The maximum absolute atomic E-state index is 11.7. The maximum atomic E-state index is 11.7. The molecular weight excluding hydrogens is 520 g/mol. The molecule has 0 aliphatic carbocycles. The minimum absolute atomic E-state index is 0.0415. The normalized spacial score (nSPS) is 28.6. The van der Waals surface area contributed by atoms with Crippen LogP contribution in [0.15, 0.2) is 11.6 Å². The summed E-state index contributed by atoms with van der Waals surface area (Å²) in [7, 11) is 0. The van der Waals surface area contributed by atoms with Crippen LogP contribution in [0.4, 0.5) is 0 Å². The van der Waals surface area contributed by atoms with Crippen molar-refractivity contribution in [2.24, 2.45) is 0 Å². The highest BCUT2D eigenvalue weighted by atomic mass is 16.6. The molecule has 0 saturated carbocycles. The van der Waals surface area contributed by atoms with Crippen LogP contribution in [0.25, 0.3) is 0 Å². The van der Waals surface area contributed by atoms with E-state index in [1.54, 1.807) is 6.08 Å². The molecule has 3 heterocycles. The first-order chi connectivity index (χ1) is 19.9. The SMILES string of the molecule is CCCCCCCCC[C@H](O)[C@H]1CC[C@H]([C@H]2CC[C@H]([C@H](O)CCCCCCCC[C@@H](O)CC3=C[C@H](C)OC3=O)O2)O1. The zero-order chi connectivity index (χ0) is 29.5. The number of rotatable bonds is 22. The van der Waals surface area contributed by atoms with E-state index >= 15 is 0 Å². The predicted octanol–water partition coefficient (Wildman–Crippen LogP) is 6.69. The lowest BCUT2D eigenvalue weighted by Gasteiger charge is -2.24. The molecule has 3 N–H and O–H groups in total. The van der Waals surface area contributed by atoms with E-state index in [4.69, 9.17) is 14.2 Å². The molecule has 41 heavy (non-hydrogen) atoms. The van der Waals surface area contributed by atoms with Crippen LogP contribution in [0.2, 0.25) is 0 Å². The van der Waals surface area contributed by atoms with Crippen molar-refractivity contribution in [3.05, 3.63) is 11.6 Å². The first kappa shape index (κ1) is 34.5. The van der Waals surface area contributed by atoms with E-state index in [0.717, 1.165) is 83.5 Å². The Labute approximate surface area is 249 Å². The molecule has 3 rings (SSSR count). The largest absolute Gasteiger partial charge is 0.455 e. The summed E-state index contributed by atoms with van der Waals surface area (Å²) in [4.78, 5) is 11.7. The highest BCUT2D eigenvalue weighted by molar-refractivity contribution is 5.90. The third-order valence-corrected chi connectivity index (χ3v) is 9.28. The van der Waals surface area contributed by atoms with Gasteiger partial charge in [-0.1, -0.05) is 90.4 Å². The smallest absolute Gasteiger partial charge is 0.334 e. The highest BCUT2D eigenvalue weighted by Crippen LogP contribution is 2.34. The van der Waals surface area contributed by atoms with Crippen LogP contribution in [-0.2, 0) is 19.0 Å². The van der Waals surface area contributed by atoms with Gasteiger partial charge in [-0.25, -0.2) is 4.79 Å². The molecule has 8 atom stereocenters. The van der Waals surface area contributed by atoms with Crippen LogP contribution in [0, 0.1) is 0 Å². The molecule has 0 amide bonds. The third-order valence-electron chi connectivity index (χ3n) is 9.28. The van der Waals surface area contributed by atoms with Gasteiger partial charge in [-0.15, -0.1) is 0 Å². The Morgan fingerprint density at radius 3 is 1.63 bits per heavy atom. The Morgan fingerprint density at radius 2 is 1.17 bits per heavy atom. The Morgan fingerprint density at radius 1 is 0.707 bits per heavy atom. The summed E-state index contributed by atoms with van der Waals surface area (Å²) in [6.45, 7) is 4.07. The number of carbonyl (C=O) groups is 1. The van der Waals surface area contributed by atoms with Crippen molar-refractivity contribution in [3.63, 3.8) is 0 Å². The Bertz CT molecular complexity index is 755. The zero-order valence-corrected chi connectivity index (χ0v) is 26.0. The summed E-state index contributed by atoms with van der Waals surface area (Å²) < 4.78 is 17.6. The number of ether oxygens (including phenoxy) is 3. The predicted molar refractivity (Wildman–Crippen MR) is 162 cm³/mol. The Balaban J connectivity index is 1.17. The molecule has 2 fully saturated rings. The molecule has 0 bridgehead atoms. The fourth-order valence-electron chi connectivity index (χ4n) is 6.75. The van der Waals surface area contributed by atoms with Crippen molar-refractivity contribution in [3.8, 4) is 0 Å². The summed E-state index contributed by atoms with van der Waals surface area (Å²) in [5.74, 6) is -0.290. The molecule has 238 valence electrons. The monoisotopic (exact) mass is 580 g/mol. The molecule has 3 aliphatic rings. The van der Waals surface area contributed by atoms with Gasteiger partial charge in [0.2, 0.25) is 0 Å². The van der Waals surface area contributed by atoms with E-state index in [-0.39, 0.29) is 42.6 Å². The van der Waals surface area contributed by atoms with Crippen LogP contribution >= 0.6 is 0 Å². The summed E-state index contributed by atoms with van der Waals surface area (Å²) in [6.07, 6.45) is 21.8. The fourth-order valence-corrected chi connectivity index (χ4v) is 6.75. The molecule has 0 aromatic carbocycles. The molecule has 0 aromatic heterocycles. The molecular formula is C34H60O7. The topological polar surface area (TPSA) is 105 Å². The second kappa shape index (κ2) is 19.3. The molecule has 2 saturated heterocycles. The van der Waals surface area contributed by atoms with E-state index < -0.39 is 12.2 Å². The van der Waals surface area contributed by atoms with Crippen molar-refractivity contribution in [1.82, 2.24) is 0 Å². The number of aliphatic hydroxyl groups is 3. The van der Waals surface area contributed by atoms with Crippen molar-refractivity contribution in [2.75, 3.05) is 0 Å². The fraction of sp³-hybridized carbons (Fsp3) is 0.912. The molecule has 0 radical (unpaired) electrons. The number of unbranched alkanes of at least 4 members (excludes halogenated alkanes) is 11. The highest BCUT2D eigenvalue weighted by Gasteiger charge is 2.40. The van der Waals surface area contributed by atoms with Gasteiger partial charge in [0.05, 0.1) is 42.7 Å². The molecule has 0 spiro atoms. The third kappa shape index (κ3) is 12.6. The Hall–Kier alpha value is -0.990. The maximum Gasteiger partial charge on any atom is 0.334 e. The summed E-state index contributed by atoms with van der Waals surface area (Å²) in [5.41, 5.74) is 0.606. The minimum Gasteiger partial charge on any atom is -0.455 e. The van der Waals surface area contributed by atoms with Crippen LogP contribution in [-0.4, -0.2) is 70.1 Å². The second-order valence-electron chi connectivity index (χ2n) is 13.0. The molecule has 0 unspecified atom stereocenters. The van der Waals surface area contributed by atoms with Crippen LogP contribution < -0.4 is 0 Å². The van der Waals surface area contributed by atoms with E-state index in [2.05, 4.69) is 6.92 Å². The van der Waals surface area contributed by atoms with Gasteiger partial charge >= 0.3 is 5.97 Å². The lowest BCUT2D eigenvalue weighted by atomic mass is 10.00. The van der Waals surface area contributed by atoms with Crippen molar-refractivity contribution >= 4 is 5.97 Å². The number of esters is 1. The molecule has 7 heteroatoms. The van der Waals surface area contributed by atoms with Crippen molar-refractivity contribution in [2.45, 2.75) is 198 Å². The van der Waals surface area contributed by atoms with E-state index in [1.165, 1.54) is 38.5 Å². The number of carbonyl (C=O) groups excluding carboxylic acids is 1. The number of hydrogen-bond acceptors (Lipinski definition) is 7. The molecule has 7 nitrogen and oxygen atoms in total. The first-order valence-corrected chi connectivity index (χ1v) is 17.1. The quantitative estimate of drug-likeness (QED) is 0.0968. The molecule has 3 aliphatic heterocycles. The number of hydrogen-bond donors (Lipinski definition) is 3. The zero-order valence-electron chi connectivity index (χ0n) is 26.0. The lowest BCUT2D eigenvalue weighted by Crippen LogP contribution is -2.33. The van der Waals surface area contributed by atoms with Crippen LogP contribution in [0.5, 0.6) is 0 Å². The number of cyclic esters (lactones) is 1. The standard InChI is InChI=1S/C34H60O7/c1-3-4-5-6-7-11-14-17-28(36)30-19-21-32(40-30)33-22-20-31(41-33)29(37)18-15-12-9-8-10-13-16-27(35)24-26-23-25(2)39-34(26)38/h23,25,27-33,35-37H,3-22,24H2,1-2H3/t25-,27+,28-,29+,30+,31+,32+,33+/m0/s1. The summed E-state index contributed by atoms with van der Waals surface area (Å²) in [5, 5.41) is 31.6. The molecule has 0 aromatic rings.